The number of nitrogens with one attached hydrogen (secondary N) is 1. The maximum Gasteiger partial charge on any atom is 0.140 e. The Balaban J connectivity index is 3.11. The maximum atomic E-state index is 4.02. The largest absolute Gasteiger partial charge is 0.304 e. The molecular formula is C16H23N3. The highest BCUT2D eigenvalue weighted by atomic mass is 15.5. The molecule has 3 nitrogen and oxygen atoms in total. The Morgan fingerprint density at radius 3 is 2.68 bits per heavy atom. The van der Waals surface area contributed by atoms with Gasteiger partial charge in [0.25, 0.3) is 0 Å². The Labute approximate surface area is 116 Å². The third-order valence-corrected chi connectivity index (χ3v) is 2.58. The van der Waals surface area contributed by atoms with Crippen LogP contribution in [-0.2, 0) is 0 Å². The Hall–Kier alpha value is -1.87. The van der Waals surface area contributed by atoms with Crippen molar-refractivity contribution in [2.45, 2.75) is 20.3 Å². The van der Waals surface area contributed by atoms with E-state index in [1.165, 1.54) is 11.1 Å². The topological polar surface area (TPSA) is 27.6 Å². The first-order valence-corrected chi connectivity index (χ1v) is 6.46. The summed E-state index contributed by atoms with van der Waals surface area (Å²) in [5.41, 5.74) is 6.73. The molecule has 1 rings (SSSR count). The average Bonchev–Trinajstić information content (AvgIpc) is 2.36. The van der Waals surface area contributed by atoms with E-state index in [1.807, 2.05) is 25.2 Å². The molecule has 0 atom stereocenters. The molecule has 0 saturated heterocycles. The van der Waals surface area contributed by atoms with E-state index in [4.69, 9.17) is 0 Å². The number of rotatable bonds is 6. The van der Waals surface area contributed by atoms with Crippen LogP contribution in [0, 0.1) is 6.92 Å². The van der Waals surface area contributed by atoms with E-state index in [2.05, 4.69) is 61.3 Å². The first-order chi connectivity index (χ1) is 9.06. The minimum Gasteiger partial charge on any atom is -0.304 e. The van der Waals surface area contributed by atoms with Crippen molar-refractivity contribution in [1.82, 2.24) is 10.4 Å². The molecule has 0 aliphatic carbocycles. The quantitative estimate of drug-likeness (QED) is 0.480. The smallest absolute Gasteiger partial charge is 0.140 e. The van der Waals surface area contributed by atoms with Gasteiger partial charge in [-0.15, -0.1) is 0 Å². The first kappa shape index (κ1) is 15.2. The van der Waals surface area contributed by atoms with Gasteiger partial charge in [-0.3, -0.25) is 0 Å². The lowest BCUT2D eigenvalue weighted by Crippen LogP contribution is -2.28. The fraction of sp³-hybridized carbons (Fsp3) is 0.312. The Morgan fingerprint density at radius 2 is 2.16 bits per heavy atom. The zero-order valence-electron chi connectivity index (χ0n) is 12.3. The van der Waals surface area contributed by atoms with Gasteiger partial charge in [-0.25, -0.2) is 10.0 Å². The van der Waals surface area contributed by atoms with E-state index < -0.39 is 0 Å². The predicted octanol–water partition coefficient (Wildman–Crippen LogP) is 3.40. The molecule has 0 spiro atoms. The average molecular weight is 257 g/mol. The lowest BCUT2D eigenvalue weighted by molar-refractivity contribution is 0.326. The van der Waals surface area contributed by atoms with Gasteiger partial charge in [0.1, 0.15) is 5.82 Å². The van der Waals surface area contributed by atoms with Crippen LogP contribution in [0.1, 0.15) is 24.5 Å². The minimum atomic E-state index is 0.742. The predicted molar refractivity (Wildman–Crippen MR) is 83.9 cm³/mol. The van der Waals surface area contributed by atoms with Crippen LogP contribution in [0.25, 0.3) is 5.57 Å². The van der Waals surface area contributed by atoms with Gasteiger partial charge in [0, 0.05) is 14.1 Å². The van der Waals surface area contributed by atoms with Crippen molar-refractivity contribution in [3.63, 3.8) is 0 Å². The number of hydrogen-bond donors (Lipinski definition) is 1. The zero-order chi connectivity index (χ0) is 14.3. The van der Waals surface area contributed by atoms with E-state index in [0.29, 0.717) is 0 Å². The number of nitrogens with zero attached hydrogens (tertiary/aromatic N) is 2. The SMILES string of the molecule is C=N/C(=C\C(=C/CC)c1cccc(C)c1)NN(C)C. The molecule has 1 N–H and O–H groups in total. The summed E-state index contributed by atoms with van der Waals surface area (Å²) < 4.78 is 0. The highest BCUT2D eigenvalue weighted by molar-refractivity contribution is 5.75. The molecule has 0 heterocycles. The summed E-state index contributed by atoms with van der Waals surface area (Å²) in [6.07, 6.45) is 5.19. The fourth-order valence-corrected chi connectivity index (χ4v) is 1.79. The van der Waals surface area contributed by atoms with E-state index in [9.17, 15) is 0 Å². The van der Waals surface area contributed by atoms with Crippen LogP contribution < -0.4 is 5.43 Å². The summed E-state index contributed by atoms with van der Waals surface area (Å²) in [5, 5.41) is 1.85. The molecule has 1 aromatic carbocycles. The summed E-state index contributed by atoms with van der Waals surface area (Å²) in [5.74, 6) is 0.742. The van der Waals surface area contributed by atoms with Gasteiger partial charge in [-0.2, -0.15) is 0 Å². The summed E-state index contributed by atoms with van der Waals surface area (Å²) in [4.78, 5) is 4.02. The summed E-state index contributed by atoms with van der Waals surface area (Å²) in [6, 6.07) is 8.46. The lowest BCUT2D eigenvalue weighted by atomic mass is 10.0. The summed E-state index contributed by atoms with van der Waals surface area (Å²) >= 11 is 0. The van der Waals surface area contributed by atoms with Crippen LogP contribution in [-0.4, -0.2) is 25.8 Å². The first-order valence-electron chi connectivity index (χ1n) is 6.46. The Bertz CT molecular complexity index is 485. The molecular weight excluding hydrogens is 234 g/mol. The van der Waals surface area contributed by atoms with Crippen LogP contribution in [0.5, 0.6) is 0 Å². The van der Waals surface area contributed by atoms with Crippen LogP contribution in [0.4, 0.5) is 0 Å². The summed E-state index contributed by atoms with van der Waals surface area (Å²) in [6.45, 7) is 7.83. The standard InChI is InChI=1S/C16H23N3/c1-6-8-14(12-16(17-3)18-19(4)5)15-10-7-9-13(2)11-15/h7-12,18H,3,6H2,1-2,4-5H3/b14-8+,16-12+. The van der Waals surface area contributed by atoms with Gasteiger partial charge in [-0.05, 0) is 37.3 Å². The van der Waals surface area contributed by atoms with Crippen LogP contribution in [0.3, 0.4) is 0 Å². The van der Waals surface area contributed by atoms with E-state index in [1.54, 1.807) is 0 Å². The highest BCUT2D eigenvalue weighted by Crippen LogP contribution is 2.19. The second kappa shape index (κ2) is 7.54. The second-order valence-corrected chi connectivity index (χ2v) is 4.63. The third kappa shape index (κ3) is 5.10. The third-order valence-electron chi connectivity index (χ3n) is 2.58. The number of allylic oxidation sites excluding steroid dienone is 3. The molecule has 0 aromatic heterocycles. The highest BCUT2D eigenvalue weighted by Gasteiger charge is 2.01. The molecule has 19 heavy (non-hydrogen) atoms. The molecule has 1 aromatic rings. The zero-order valence-corrected chi connectivity index (χ0v) is 12.3. The van der Waals surface area contributed by atoms with E-state index in [0.717, 1.165) is 17.8 Å². The van der Waals surface area contributed by atoms with Gasteiger partial charge >= 0.3 is 0 Å². The monoisotopic (exact) mass is 257 g/mol. The normalized spacial score (nSPS) is 12.7. The molecule has 0 aliphatic heterocycles. The van der Waals surface area contributed by atoms with Crippen molar-refractivity contribution in [1.29, 1.82) is 0 Å². The minimum absolute atomic E-state index is 0.742. The second-order valence-electron chi connectivity index (χ2n) is 4.63. The Morgan fingerprint density at radius 1 is 1.42 bits per heavy atom. The van der Waals surface area contributed by atoms with Gasteiger partial charge in [0.05, 0.1) is 0 Å². The van der Waals surface area contributed by atoms with Crippen LogP contribution in [0.2, 0.25) is 0 Å². The molecule has 0 amide bonds. The lowest BCUT2D eigenvalue weighted by Gasteiger charge is -2.14. The molecule has 0 aliphatic rings. The van der Waals surface area contributed by atoms with Crippen LogP contribution >= 0.6 is 0 Å². The molecule has 3 heteroatoms. The number of hydrogen-bond acceptors (Lipinski definition) is 3. The molecule has 0 fully saturated rings. The number of aryl methyl sites for hydroxylation is 1. The van der Waals surface area contributed by atoms with Crippen molar-refractivity contribution < 1.29 is 0 Å². The molecule has 0 saturated carbocycles. The van der Waals surface area contributed by atoms with E-state index >= 15 is 0 Å². The van der Waals surface area contributed by atoms with Crippen LogP contribution in [0.15, 0.2) is 47.2 Å². The Kier molecular flexibility index (Phi) is 6.03. The molecule has 102 valence electrons. The number of hydrazine groups is 1. The fourth-order valence-electron chi connectivity index (χ4n) is 1.79. The van der Waals surface area contributed by atoms with Gasteiger partial charge in [0.2, 0.25) is 0 Å². The number of aliphatic imine (C=N–C) groups is 1. The van der Waals surface area contributed by atoms with Crippen molar-refractivity contribution in [2.24, 2.45) is 4.99 Å². The molecule has 0 unspecified atom stereocenters. The van der Waals surface area contributed by atoms with E-state index in [-0.39, 0.29) is 0 Å². The van der Waals surface area contributed by atoms with Crippen molar-refractivity contribution in [3.8, 4) is 0 Å². The number of benzene rings is 1. The maximum absolute atomic E-state index is 4.02. The summed E-state index contributed by atoms with van der Waals surface area (Å²) in [7, 11) is 3.85. The molecule has 0 bridgehead atoms. The van der Waals surface area contributed by atoms with Gasteiger partial charge < -0.3 is 5.43 Å². The van der Waals surface area contributed by atoms with Crippen molar-refractivity contribution >= 4 is 12.3 Å². The molecule has 0 radical (unpaired) electrons. The van der Waals surface area contributed by atoms with Gasteiger partial charge in [0.15, 0.2) is 0 Å². The van der Waals surface area contributed by atoms with Crippen molar-refractivity contribution in [2.75, 3.05) is 14.1 Å². The van der Waals surface area contributed by atoms with Crippen molar-refractivity contribution in [3.05, 3.63) is 53.4 Å². The van der Waals surface area contributed by atoms with Gasteiger partial charge in [-0.1, -0.05) is 42.8 Å².